The van der Waals surface area contributed by atoms with Crippen LogP contribution in [0.3, 0.4) is 0 Å². The van der Waals surface area contributed by atoms with Crippen molar-refractivity contribution in [2.45, 2.75) is 51.1 Å². The maximum Gasteiger partial charge on any atom is 0.416 e. The summed E-state index contributed by atoms with van der Waals surface area (Å²) < 4.78 is 84.3. The van der Waals surface area contributed by atoms with Crippen molar-refractivity contribution >= 4 is 11.8 Å². The Morgan fingerprint density at radius 3 is 2.08 bits per heavy atom. The Kier molecular flexibility index (Phi) is 11.2. The van der Waals surface area contributed by atoms with E-state index < -0.39 is 46.5 Å². The number of hydrogen-bond donors (Lipinski definition) is 3. The van der Waals surface area contributed by atoms with Crippen molar-refractivity contribution in [3.63, 3.8) is 0 Å². The first kappa shape index (κ1) is 32.3. The van der Waals surface area contributed by atoms with Crippen LogP contribution in [-0.4, -0.2) is 36.7 Å². The molecule has 12 heteroatoms. The van der Waals surface area contributed by atoms with Crippen molar-refractivity contribution < 1.29 is 40.7 Å². The third-order valence-corrected chi connectivity index (χ3v) is 5.96. The fourth-order valence-corrected chi connectivity index (χ4v) is 3.78. The van der Waals surface area contributed by atoms with Gasteiger partial charge in [-0.05, 0) is 56.5 Å². The molecule has 0 heterocycles. The highest BCUT2D eigenvalue weighted by molar-refractivity contribution is 5.98. The molecule has 0 bridgehead atoms. The molecule has 0 saturated carbocycles. The van der Waals surface area contributed by atoms with Crippen LogP contribution in [-0.2, 0) is 22.2 Å². The molecule has 6 nitrogen and oxygen atoms in total. The summed E-state index contributed by atoms with van der Waals surface area (Å²) in [4.78, 5) is 25.6. The Morgan fingerprint density at radius 1 is 0.925 bits per heavy atom. The number of aryl methyl sites for hydroxylation is 1. The summed E-state index contributed by atoms with van der Waals surface area (Å²) in [6, 6.07) is 13.2. The van der Waals surface area contributed by atoms with Crippen molar-refractivity contribution in [2.75, 3.05) is 13.1 Å². The molecular formula is C28H31F6N3O3. The normalized spacial score (nSPS) is 14.3. The standard InChI is InChI=1S/C28H31F6N3O3/c1-3-23(28(32,33)34)22(18-35)24(38)36-17-15-26(2,40-21-13-11-20(12-14-21)27(29,30)31)25(39)37-16-7-10-19-8-5-4-6-9-19/h3-6,8-9,11-14,18H,7,10,15-17,35H2,1-2H3,(H,36,38)(H,37,39)/b22-18+,23-3+. The Bertz CT molecular complexity index is 1190. The van der Waals surface area contributed by atoms with Gasteiger partial charge in [-0.2, -0.15) is 26.3 Å². The number of alkyl halides is 6. The maximum atomic E-state index is 13.2. The average molecular weight is 572 g/mol. The highest BCUT2D eigenvalue weighted by Crippen LogP contribution is 2.32. The number of nitrogens with one attached hydrogen (secondary N) is 2. The third-order valence-electron chi connectivity index (χ3n) is 5.96. The van der Waals surface area contributed by atoms with Crippen LogP contribution in [0.2, 0.25) is 0 Å². The Balaban J connectivity index is 2.13. The van der Waals surface area contributed by atoms with Gasteiger partial charge in [0.15, 0.2) is 5.60 Å². The largest absolute Gasteiger partial charge is 0.478 e. The van der Waals surface area contributed by atoms with E-state index in [1.165, 1.54) is 6.92 Å². The Labute approximate surface area is 228 Å². The van der Waals surface area contributed by atoms with E-state index in [1.54, 1.807) is 0 Å². The van der Waals surface area contributed by atoms with Gasteiger partial charge in [0.2, 0.25) is 0 Å². The molecule has 1 atom stereocenters. The second-order valence-corrected chi connectivity index (χ2v) is 8.99. The van der Waals surface area contributed by atoms with Gasteiger partial charge >= 0.3 is 12.4 Å². The fourth-order valence-electron chi connectivity index (χ4n) is 3.78. The minimum absolute atomic E-state index is 0.0444. The molecule has 4 N–H and O–H groups in total. The van der Waals surface area contributed by atoms with Crippen LogP contribution < -0.4 is 21.1 Å². The number of amides is 2. The molecule has 218 valence electrons. The fraction of sp³-hybridized carbons (Fsp3) is 0.357. The van der Waals surface area contributed by atoms with Crippen molar-refractivity contribution in [1.29, 1.82) is 0 Å². The van der Waals surface area contributed by atoms with E-state index in [2.05, 4.69) is 10.6 Å². The molecule has 2 aromatic rings. The molecule has 0 saturated heterocycles. The van der Waals surface area contributed by atoms with E-state index in [0.717, 1.165) is 36.8 Å². The lowest BCUT2D eigenvalue weighted by Crippen LogP contribution is -2.51. The van der Waals surface area contributed by atoms with E-state index in [1.807, 2.05) is 30.3 Å². The van der Waals surface area contributed by atoms with Gasteiger partial charge in [0.1, 0.15) is 5.75 Å². The maximum absolute atomic E-state index is 13.2. The third kappa shape index (κ3) is 9.35. The van der Waals surface area contributed by atoms with E-state index in [9.17, 15) is 35.9 Å². The van der Waals surface area contributed by atoms with Crippen molar-refractivity contribution in [1.82, 2.24) is 10.6 Å². The quantitative estimate of drug-likeness (QED) is 0.137. The number of benzene rings is 2. The number of nitrogens with two attached hydrogens (primary N) is 1. The summed E-state index contributed by atoms with van der Waals surface area (Å²) in [5.74, 6) is -1.78. The molecule has 0 aromatic heterocycles. The molecule has 0 aliphatic carbocycles. The van der Waals surface area contributed by atoms with E-state index in [-0.39, 0.29) is 25.3 Å². The van der Waals surface area contributed by atoms with Crippen LogP contribution in [0.1, 0.15) is 37.8 Å². The van der Waals surface area contributed by atoms with Gasteiger partial charge in [0.25, 0.3) is 11.8 Å². The van der Waals surface area contributed by atoms with Gasteiger partial charge < -0.3 is 21.1 Å². The van der Waals surface area contributed by atoms with Crippen LogP contribution in [0.4, 0.5) is 26.3 Å². The van der Waals surface area contributed by atoms with Crippen LogP contribution >= 0.6 is 0 Å². The minimum atomic E-state index is -4.82. The number of carbonyl (C=O) groups excluding carboxylic acids is 2. The van der Waals surface area contributed by atoms with Crippen LogP contribution in [0.25, 0.3) is 0 Å². The van der Waals surface area contributed by atoms with Gasteiger partial charge in [-0.3, -0.25) is 9.59 Å². The number of allylic oxidation sites excluding steroid dienone is 1. The van der Waals surface area contributed by atoms with E-state index in [0.29, 0.717) is 25.1 Å². The summed E-state index contributed by atoms with van der Waals surface area (Å²) in [7, 11) is 0. The van der Waals surface area contributed by atoms with Crippen molar-refractivity contribution in [3.05, 3.63) is 89.1 Å². The first-order chi connectivity index (χ1) is 18.7. The predicted molar refractivity (Wildman–Crippen MR) is 138 cm³/mol. The van der Waals surface area contributed by atoms with Gasteiger partial charge in [-0.15, -0.1) is 0 Å². The first-order valence-electron chi connectivity index (χ1n) is 12.3. The molecule has 0 spiro atoms. The lowest BCUT2D eigenvalue weighted by atomic mass is 9.99. The van der Waals surface area contributed by atoms with Crippen LogP contribution in [0, 0.1) is 0 Å². The number of rotatable bonds is 12. The van der Waals surface area contributed by atoms with Gasteiger partial charge in [0.05, 0.1) is 16.7 Å². The molecule has 0 fully saturated rings. The molecular weight excluding hydrogens is 540 g/mol. The van der Waals surface area contributed by atoms with Gasteiger partial charge in [-0.25, -0.2) is 0 Å². The molecule has 0 aliphatic heterocycles. The molecule has 1 unspecified atom stereocenters. The molecule has 0 aliphatic rings. The summed E-state index contributed by atoms with van der Waals surface area (Å²) >= 11 is 0. The van der Waals surface area contributed by atoms with E-state index >= 15 is 0 Å². The van der Waals surface area contributed by atoms with Crippen LogP contribution in [0.15, 0.2) is 78.0 Å². The minimum Gasteiger partial charge on any atom is -0.478 e. The number of carbonyl (C=O) groups is 2. The zero-order chi connectivity index (χ0) is 30.0. The number of halogens is 6. The first-order valence-corrected chi connectivity index (χ1v) is 12.3. The van der Waals surface area contributed by atoms with E-state index in [4.69, 9.17) is 10.5 Å². The topological polar surface area (TPSA) is 93.5 Å². The zero-order valence-corrected chi connectivity index (χ0v) is 22.0. The van der Waals surface area contributed by atoms with Crippen molar-refractivity contribution in [3.8, 4) is 5.75 Å². The monoisotopic (exact) mass is 571 g/mol. The number of hydrogen-bond acceptors (Lipinski definition) is 4. The van der Waals surface area contributed by atoms with Gasteiger partial charge in [0, 0.05) is 25.7 Å². The van der Waals surface area contributed by atoms with Crippen LogP contribution in [0.5, 0.6) is 5.75 Å². The zero-order valence-electron chi connectivity index (χ0n) is 22.0. The molecule has 0 radical (unpaired) electrons. The SMILES string of the molecule is C/C=C(\C(=C/N)C(=O)NCCC(C)(Oc1ccc(C(F)(F)F)cc1)C(=O)NCCCc1ccccc1)C(F)(F)F. The van der Waals surface area contributed by atoms with Gasteiger partial charge in [-0.1, -0.05) is 36.4 Å². The second kappa shape index (κ2) is 13.9. The summed E-state index contributed by atoms with van der Waals surface area (Å²) in [5.41, 5.74) is 1.70. The summed E-state index contributed by atoms with van der Waals surface area (Å²) in [5, 5.41) is 5.02. The molecule has 2 rings (SSSR count). The Morgan fingerprint density at radius 2 is 1.55 bits per heavy atom. The molecule has 2 amide bonds. The summed E-state index contributed by atoms with van der Waals surface area (Å²) in [6.07, 6.45) is -7.12. The molecule has 40 heavy (non-hydrogen) atoms. The van der Waals surface area contributed by atoms with Crippen molar-refractivity contribution in [2.24, 2.45) is 5.73 Å². The Hall–Kier alpha value is -3.96. The number of ether oxygens (including phenoxy) is 1. The smallest absolute Gasteiger partial charge is 0.416 e. The molecule has 2 aromatic carbocycles. The summed E-state index contributed by atoms with van der Waals surface area (Å²) in [6.45, 7) is 2.43. The second-order valence-electron chi connectivity index (χ2n) is 8.99. The lowest BCUT2D eigenvalue weighted by Gasteiger charge is -2.30. The predicted octanol–water partition coefficient (Wildman–Crippen LogP) is 5.45. The lowest BCUT2D eigenvalue weighted by molar-refractivity contribution is -0.138. The average Bonchev–Trinajstić information content (AvgIpc) is 2.89. The highest BCUT2D eigenvalue weighted by Gasteiger charge is 2.39. The highest BCUT2D eigenvalue weighted by atomic mass is 19.4.